The molecule has 8 nitrogen and oxygen atoms in total. The van der Waals surface area contributed by atoms with Gasteiger partial charge in [-0.3, -0.25) is 4.79 Å². The van der Waals surface area contributed by atoms with Crippen molar-refractivity contribution in [2.45, 2.75) is 43.9 Å². The molecule has 0 spiro atoms. The number of aryl methyl sites for hydroxylation is 1. The summed E-state index contributed by atoms with van der Waals surface area (Å²) in [5, 5.41) is 7.70. The number of amides is 1. The molecule has 0 heterocycles. The first kappa shape index (κ1) is 24.0. The van der Waals surface area contributed by atoms with Crippen LogP contribution < -0.4 is 15.2 Å². The van der Waals surface area contributed by atoms with E-state index in [2.05, 4.69) is 10.0 Å². The van der Waals surface area contributed by atoms with Gasteiger partial charge >= 0.3 is 0 Å². The summed E-state index contributed by atoms with van der Waals surface area (Å²) in [6.07, 6.45) is 0.306. The normalized spacial score (nSPS) is 13.2. The van der Waals surface area contributed by atoms with Crippen molar-refractivity contribution in [1.82, 2.24) is 4.72 Å². The summed E-state index contributed by atoms with van der Waals surface area (Å²) >= 11 is 0. The van der Waals surface area contributed by atoms with E-state index < -0.39 is 32.0 Å². The molecule has 0 saturated heterocycles. The van der Waals surface area contributed by atoms with Crippen molar-refractivity contribution in [1.29, 1.82) is 0 Å². The Morgan fingerprint density at radius 2 is 1.53 bits per heavy atom. The molecule has 0 aliphatic rings. The second-order valence-electron chi connectivity index (χ2n) is 7.61. The van der Waals surface area contributed by atoms with E-state index in [0.29, 0.717) is 17.7 Å². The number of primary sulfonamides is 1. The van der Waals surface area contributed by atoms with Crippen LogP contribution in [0.2, 0.25) is 0 Å². The van der Waals surface area contributed by atoms with Crippen molar-refractivity contribution in [2.75, 3.05) is 5.32 Å². The van der Waals surface area contributed by atoms with E-state index in [0.717, 1.165) is 5.56 Å². The molecule has 2 rings (SSSR count). The predicted molar refractivity (Wildman–Crippen MR) is 117 cm³/mol. The average molecular weight is 454 g/mol. The Bertz CT molecular complexity index is 1080. The summed E-state index contributed by atoms with van der Waals surface area (Å²) in [6, 6.07) is 11.5. The maximum atomic E-state index is 12.8. The zero-order chi connectivity index (χ0) is 22.5. The van der Waals surface area contributed by atoms with Crippen LogP contribution in [0.25, 0.3) is 0 Å². The fraction of sp³-hybridized carbons (Fsp3) is 0.350. The number of hydrogen-bond donors (Lipinski definition) is 3. The first-order valence-electron chi connectivity index (χ1n) is 9.35. The Morgan fingerprint density at radius 3 is 2.03 bits per heavy atom. The highest BCUT2D eigenvalue weighted by Crippen LogP contribution is 2.16. The zero-order valence-corrected chi connectivity index (χ0v) is 18.8. The van der Waals surface area contributed by atoms with Gasteiger partial charge in [-0.25, -0.2) is 22.0 Å². The third-order valence-corrected chi connectivity index (χ3v) is 6.46. The van der Waals surface area contributed by atoms with E-state index in [1.165, 1.54) is 24.3 Å². The lowest BCUT2D eigenvalue weighted by Gasteiger charge is -2.20. The molecule has 30 heavy (non-hydrogen) atoms. The van der Waals surface area contributed by atoms with Crippen molar-refractivity contribution in [3.05, 3.63) is 59.7 Å². The first-order chi connectivity index (χ1) is 13.9. The van der Waals surface area contributed by atoms with Gasteiger partial charge in [-0.05, 0) is 49.1 Å². The SMILES string of the molecule is Cc1ccc(S(=O)(=O)NC(CC(C)C)C(=O)Nc2ccc(CS(N)(=O)=O)cc2)cc1. The quantitative estimate of drug-likeness (QED) is 0.534. The number of rotatable bonds is 9. The summed E-state index contributed by atoms with van der Waals surface area (Å²) in [5.41, 5.74) is 1.83. The molecule has 0 saturated carbocycles. The second kappa shape index (κ2) is 9.69. The Hall–Kier alpha value is -2.27. The number of nitrogens with two attached hydrogens (primary N) is 1. The van der Waals surface area contributed by atoms with Crippen LogP contribution in [0.15, 0.2) is 53.4 Å². The van der Waals surface area contributed by atoms with Crippen LogP contribution in [-0.2, 0) is 30.6 Å². The molecule has 4 N–H and O–H groups in total. The number of hydrogen-bond acceptors (Lipinski definition) is 5. The van der Waals surface area contributed by atoms with Gasteiger partial charge in [0, 0.05) is 5.69 Å². The predicted octanol–water partition coefficient (Wildman–Crippen LogP) is 2.12. The molecule has 0 aromatic heterocycles. The van der Waals surface area contributed by atoms with Crippen molar-refractivity contribution in [2.24, 2.45) is 11.1 Å². The van der Waals surface area contributed by atoms with Crippen molar-refractivity contribution in [3.63, 3.8) is 0 Å². The van der Waals surface area contributed by atoms with Gasteiger partial charge in [-0.15, -0.1) is 0 Å². The molecule has 0 fully saturated rings. The highest BCUT2D eigenvalue weighted by molar-refractivity contribution is 7.89. The molecule has 1 unspecified atom stereocenters. The van der Waals surface area contributed by atoms with Crippen LogP contribution in [0.4, 0.5) is 5.69 Å². The molecule has 0 aliphatic heterocycles. The van der Waals surface area contributed by atoms with E-state index in [4.69, 9.17) is 5.14 Å². The molecule has 2 aromatic carbocycles. The minimum Gasteiger partial charge on any atom is -0.325 e. The molecule has 0 bridgehead atoms. The fourth-order valence-electron chi connectivity index (χ4n) is 2.80. The van der Waals surface area contributed by atoms with Crippen LogP contribution in [0, 0.1) is 12.8 Å². The maximum absolute atomic E-state index is 12.8. The van der Waals surface area contributed by atoms with Crippen LogP contribution in [0.3, 0.4) is 0 Å². The number of benzene rings is 2. The molecule has 164 valence electrons. The molecular formula is C20H27N3O5S2. The molecule has 10 heteroatoms. The highest BCUT2D eigenvalue weighted by Gasteiger charge is 2.26. The molecule has 1 amide bonds. The van der Waals surface area contributed by atoms with E-state index >= 15 is 0 Å². The van der Waals surface area contributed by atoms with Crippen molar-refractivity contribution >= 4 is 31.6 Å². The van der Waals surface area contributed by atoms with Gasteiger partial charge in [-0.2, -0.15) is 4.72 Å². The summed E-state index contributed by atoms with van der Waals surface area (Å²) in [7, 11) is -7.53. The largest absolute Gasteiger partial charge is 0.325 e. The van der Waals surface area contributed by atoms with Crippen LogP contribution in [0.5, 0.6) is 0 Å². The first-order valence-corrected chi connectivity index (χ1v) is 12.5. The summed E-state index contributed by atoms with van der Waals surface area (Å²) < 4.78 is 50.2. The third kappa shape index (κ3) is 7.52. The Kier molecular flexibility index (Phi) is 7.75. The van der Waals surface area contributed by atoms with E-state index in [-0.39, 0.29) is 16.6 Å². The smallest absolute Gasteiger partial charge is 0.242 e. The lowest BCUT2D eigenvalue weighted by Crippen LogP contribution is -2.44. The van der Waals surface area contributed by atoms with Gasteiger partial charge in [0.15, 0.2) is 0 Å². The Morgan fingerprint density at radius 1 is 0.967 bits per heavy atom. The Labute approximate surface area is 178 Å². The monoisotopic (exact) mass is 453 g/mol. The lowest BCUT2D eigenvalue weighted by atomic mass is 10.0. The van der Waals surface area contributed by atoms with Crippen LogP contribution >= 0.6 is 0 Å². The van der Waals surface area contributed by atoms with Gasteiger partial charge < -0.3 is 5.32 Å². The average Bonchev–Trinajstić information content (AvgIpc) is 2.61. The summed E-state index contributed by atoms with van der Waals surface area (Å²) in [4.78, 5) is 12.9. The summed E-state index contributed by atoms with van der Waals surface area (Å²) in [5.74, 6) is -0.745. The maximum Gasteiger partial charge on any atom is 0.242 e. The Balaban J connectivity index is 2.16. The topological polar surface area (TPSA) is 135 Å². The number of anilines is 1. The second-order valence-corrected chi connectivity index (χ2v) is 10.9. The molecule has 0 radical (unpaired) electrons. The molecule has 1 atom stereocenters. The number of carbonyl (C=O) groups is 1. The van der Waals surface area contributed by atoms with Crippen LogP contribution in [-0.4, -0.2) is 28.8 Å². The molecule has 2 aromatic rings. The van der Waals surface area contributed by atoms with E-state index in [9.17, 15) is 21.6 Å². The minimum absolute atomic E-state index is 0.0682. The summed E-state index contributed by atoms with van der Waals surface area (Å²) in [6.45, 7) is 5.64. The van der Waals surface area contributed by atoms with Gasteiger partial charge in [-0.1, -0.05) is 43.7 Å². The zero-order valence-electron chi connectivity index (χ0n) is 17.1. The minimum atomic E-state index is -3.88. The van der Waals surface area contributed by atoms with Crippen molar-refractivity contribution in [3.8, 4) is 0 Å². The lowest BCUT2D eigenvalue weighted by molar-refractivity contribution is -0.118. The highest BCUT2D eigenvalue weighted by atomic mass is 32.2. The third-order valence-electron chi connectivity index (χ3n) is 4.24. The van der Waals surface area contributed by atoms with Crippen molar-refractivity contribution < 1.29 is 21.6 Å². The standard InChI is InChI=1S/C20H27N3O5S2/c1-14(2)12-19(23-30(27,28)18-10-4-15(3)5-11-18)20(24)22-17-8-6-16(7-9-17)13-29(21,25)26/h4-11,14,19,23H,12-13H2,1-3H3,(H,22,24)(H2,21,25,26). The van der Waals surface area contributed by atoms with Crippen LogP contribution in [0.1, 0.15) is 31.4 Å². The van der Waals surface area contributed by atoms with E-state index in [1.54, 1.807) is 24.3 Å². The van der Waals surface area contributed by atoms with Gasteiger partial charge in [0.1, 0.15) is 6.04 Å². The number of sulfonamides is 2. The molecular weight excluding hydrogens is 426 g/mol. The van der Waals surface area contributed by atoms with Gasteiger partial charge in [0.25, 0.3) is 0 Å². The fourth-order valence-corrected chi connectivity index (χ4v) is 4.66. The molecule has 0 aliphatic carbocycles. The van der Waals surface area contributed by atoms with Gasteiger partial charge in [0.2, 0.25) is 26.0 Å². The number of nitrogens with one attached hydrogen (secondary N) is 2. The van der Waals surface area contributed by atoms with Gasteiger partial charge in [0.05, 0.1) is 10.6 Å². The number of carbonyl (C=O) groups excluding carboxylic acids is 1. The van der Waals surface area contributed by atoms with E-state index in [1.807, 2.05) is 20.8 Å².